The van der Waals surface area contributed by atoms with Crippen molar-refractivity contribution < 1.29 is 0 Å². The van der Waals surface area contributed by atoms with Crippen molar-refractivity contribution in [1.29, 1.82) is 0 Å². The van der Waals surface area contributed by atoms with E-state index in [4.69, 9.17) is 28.9 Å². The van der Waals surface area contributed by atoms with Crippen LogP contribution in [0.5, 0.6) is 0 Å². The van der Waals surface area contributed by atoms with E-state index in [1.807, 2.05) is 42.5 Å². The van der Waals surface area contributed by atoms with Crippen molar-refractivity contribution in [2.24, 2.45) is 0 Å². The maximum atomic E-state index is 6.04. The second-order valence-corrected chi connectivity index (χ2v) is 5.17. The van der Waals surface area contributed by atoms with E-state index in [2.05, 4.69) is 11.8 Å². The van der Waals surface area contributed by atoms with E-state index in [0.29, 0.717) is 10.0 Å². The van der Waals surface area contributed by atoms with Crippen LogP contribution in [0, 0.1) is 0 Å². The second-order valence-electron chi connectivity index (χ2n) is 4.35. The first-order valence-corrected chi connectivity index (χ1v) is 6.90. The molecule has 0 bridgehead atoms. The maximum absolute atomic E-state index is 6.04. The number of nitrogen functional groups attached to an aromatic ring is 1. The van der Waals surface area contributed by atoms with E-state index in [1.54, 1.807) is 0 Å². The van der Waals surface area contributed by atoms with Gasteiger partial charge in [0.2, 0.25) is 0 Å². The molecule has 4 heteroatoms. The summed E-state index contributed by atoms with van der Waals surface area (Å²) < 4.78 is 0. The molecule has 0 aliphatic carbocycles. The van der Waals surface area contributed by atoms with E-state index >= 15 is 0 Å². The molecule has 2 nitrogen and oxygen atoms in total. The summed E-state index contributed by atoms with van der Waals surface area (Å²) >= 11 is 12.0. The Bertz CT molecular complexity index is 553. The Morgan fingerprint density at radius 3 is 2.26 bits per heavy atom. The molecule has 0 aromatic heterocycles. The highest BCUT2D eigenvalue weighted by Crippen LogP contribution is 2.25. The van der Waals surface area contributed by atoms with Crippen LogP contribution in [-0.2, 0) is 6.54 Å². The van der Waals surface area contributed by atoms with Crippen LogP contribution in [-0.4, -0.2) is 6.54 Å². The molecule has 0 aliphatic rings. The molecule has 0 heterocycles. The minimum absolute atomic E-state index is 0.584. The van der Waals surface area contributed by atoms with Gasteiger partial charge in [0.05, 0.1) is 10.0 Å². The van der Waals surface area contributed by atoms with Crippen molar-refractivity contribution in [2.45, 2.75) is 13.5 Å². The lowest BCUT2D eigenvalue weighted by atomic mass is 10.2. The molecular weight excluding hydrogens is 279 g/mol. The number of anilines is 2. The molecule has 0 atom stereocenters. The molecule has 0 amide bonds. The molecule has 0 unspecified atom stereocenters. The summed E-state index contributed by atoms with van der Waals surface area (Å²) in [4.78, 5) is 2.25. The van der Waals surface area contributed by atoms with Gasteiger partial charge in [0.15, 0.2) is 0 Å². The smallest absolute Gasteiger partial charge is 0.0595 e. The minimum atomic E-state index is 0.584. The molecule has 0 fully saturated rings. The average Bonchev–Trinajstić information content (AvgIpc) is 2.41. The molecule has 2 rings (SSSR count). The Morgan fingerprint density at radius 1 is 1.00 bits per heavy atom. The fourth-order valence-corrected chi connectivity index (χ4v) is 2.25. The fraction of sp³-hybridized carbons (Fsp3) is 0.200. The summed E-state index contributed by atoms with van der Waals surface area (Å²) in [5.74, 6) is 0. The highest BCUT2D eigenvalue weighted by atomic mass is 35.5. The van der Waals surface area contributed by atoms with Gasteiger partial charge in [-0.25, -0.2) is 0 Å². The lowest BCUT2D eigenvalue weighted by Crippen LogP contribution is -2.21. The number of benzene rings is 2. The third-order valence-electron chi connectivity index (χ3n) is 3.00. The van der Waals surface area contributed by atoms with Crippen LogP contribution in [0.3, 0.4) is 0 Å². The summed E-state index contributed by atoms with van der Waals surface area (Å²) in [6, 6.07) is 13.6. The van der Waals surface area contributed by atoms with Crippen LogP contribution in [0.25, 0.3) is 0 Å². The highest BCUT2D eigenvalue weighted by molar-refractivity contribution is 6.42. The standard InChI is InChI=1S/C15H16Cl2N2/c1-2-19(13-6-4-12(18)5-7-13)10-11-3-8-14(16)15(17)9-11/h3-9H,2,10,18H2,1H3. The van der Waals surface area contributed by atoms with Gasteiger partial charge >= 0.3 is 0 Å². The second kappa shape index (κ2) is 6.18. The summed E-state index contributed by atoms with van der Waals surface area (Å²) in [5.41, 5.74) is 8.75. The fourth-order valence-electron chi connectivity index (χ4n) is 1.93. The van der Waals surface area contributed by atoms with Gasteiger partial charge in [0.25, 0.3) is 0 Å². The molecule has 2 N–H and O–H groups in total. The quantitative estimate of drug-likeness (QED) is 0.835. The van der Waals surface area contributed by atoms with Crippen LogP contribution in [0.15, 0.2) is 42.5 Å². The highest BCUT2D eigenvalue weighted by Gasteiger charge is 2.06. The Labute approximate surface area is 123 Å². The lowest BCUT2D eigenvalue weighted by molar-refractivity contribution is 0.832. The zero-order valence-corrected chi connectivity index (χ0v) is 12.2. The Hall–Kier alpha value is -1.38. The van der Waals surface area contributed by atoms with Crippen molar-refractivity contribution in [3.05, 3.63) is 58.1 Å². The van der Waals surface area contributed by atoms with Gasteiger partial charge in [-0.3, -0.25) is 0 Å². The zero-order chi connectivity index (χ0) is 13.8. The van der Waals surface area contributed by atoms with Crippen molar-refractivity contribution in [3.8, 4) is 0 Å². The van der Waals surface area contributed by atoms with E-state index in [0.717, 1.165) is 30.0 Å². The summed E-state index contributed by atoms with van der Waals surface area (Å²) in [7, 11) is 0. The third-order valence-corrected chi connectivity index (χ3v) is 3.74. The van der Waals surface area contributed by atoms with E-state index in [1.165, 1.54) is 0 Å². The number of nitrogens with zero attached hydrogens (tertiary/aromatic N) is 1. The Balaban J connectivity index is 2.18. The van der Waals surface area contributed by atoms with Crippen molar-refractivity contribution in [1.82, 2.24) is 0 Å². The van der Waals surface area contributed by atoms with E-state index in [9.17, 15) is 0 Å². The summed E-state index contributed by atoms with van der Waals surface area (Å²) in [5, 5.41) is 1.17. The van der Waals surface area contributed by atoms with Gasteiger partial charge in [-0.15, -0.1) is 0 Å². The molecule has 2 aromatic carbocycles. The lowest BCUT2D eigenvalue weighted by Gasteiger charge is -2.23. The topological polar surface area (TPSA) is 29.3 Å². The van der Waals surface area contributed by atoms with Crippen LogP contribution in [0.1, 0.15) is 12.5 Å². The molecular formula is C15H16Cl2N2. The van der Waals surface area contributed by atoms with E-state index < -0.39 is 0 Å². The van der Waals surface area contributed by atoms with E-state index in [-0.39, 0.29) is 0 Å². The van der Waals surface area contributed by atoms with Crippen LogP contribution < -0.4 is 10.6 Å². The van der Waals surface area contributed by atoms with Gasteiger partial charge in [-0.2, -0.15) is 0 Å². The van der Waals surface area contributed by atoms with Crippen LogP contribution >= 0.6 is 23.2 Å². The SMILES string of the molecule is CCN(Cc1ccc(Cl)c(Cl)c1)c1ccc(N)cc1. The first-order valence-electron chi connectivity index (χ1n) is 6.14. The van der Waals surface area contributed by atoms with Gasteiger partial charge in [0, 0.05) is 24.5 Å². The Morgan fingerprint density at radius 2 is 1.68 bits per heavy atom. The number of hydrogen-bond donors (Lipinski definition) is 1. The number of rotatable bonds is 4. The maximum Gasteiger partial charge on any atom is 0.0595 e. The molecule has 0 saturated heterocycles. The number of hydrogen-bond acceptors (Lipinski definition) is 2. The normalized spacial score (nSPS) is 10.5. The molecule has 2 aromatic rings. The number of nitrogens with two attached hydrogens (primary N) is 1. The first-order chi connectivity index (χ1) is 9.10. The van der Waals surface area contributed by atoms with Gasteiger partial charge in [-0.1, -0.05) is 29.3 Å². The molecule has 0 radical (unpaired) electrons. The molecule has 19 heavy (non-hydrogen) atoms. The first kappa shape index (κ1) is 14.0. The average molecular weight is 295 g/mol. The van der Waals surface area contributed by atoms with Gasteiger partial charge in [0.1, 0.15) is 0 Å². The predicted molar refractivity (Wildman–Crippen MR) is 84.0 cm³/mol. The van der Waals surface area contributed by atoms with Crippen molar-refractivity contribution in [2.75, 3.05) is 17.2 Å². The van der Waals surface area contributed by atoms with Crippen molar-refractivity contribution >= 4 is 34.6 Å². The predicted octanol–water partition coefficient (Wildman–Crippen LogP) is 4.60. The molecule has 0 saturated carbocycles. The third kappa shape index (κ3) is 3.55. The van der Waals surface area contributed by atoms with Crippen LogP contribution in [0.2, 0.25) is 10.0 Å². The molecule has 100 valence electrons. The van der Waals surface area contributed by atoms with Gasteiger partial charge < -0.3 is 10.6 Å². The monoisotopic (exact) mass is 294 g/mol. The van der Waals surface area contributed by atoms with Crippen LogP contribution in [0.4, 0.5) is 11.4 Å². The largest absolute Gasteiger partial charge is 0.399 e. The molecule has 0 aliphatic heterocycles. The Kier molecular flexibility index (Phi) is 4.56. The van der Waals surface area contributed by atoms with Gasteiger partial charge in [-0.05, 0) is 48.9 Å². The zero-order valence-electron chi connectivity index (χ0n) is 10.7. The summed E-state index contributed by atoms with van der Waals surface area (Å²) in [6.07, 6.45) is 0. The minimum Gasteiger partial charge on any atom is -0.399 e. The molecule has 0 spiro atoms. The van der Waals surface area contributed by atoms with Crippen molar-refractivity contribution in [3.63, 3.8) is 0 Å². The number of halogens is 2. The summed E-state index contributed by atoms with van der Waals surface area (Å²) in [6.45, 7) is 3.81.